The molecule has 0 heteroatoms. The molecule has 2 aliphatic carbocycles. The standard InChI is InChI=1S/C32H24/c1-32(2)30-18-24-16-23-13-12-22(20-8-4-3-5-9-20)17-27(23)28(24)19-29(30)26-15-14-21-10-6-7-11-25(21)31(26)32/h3-15,17-19H,16H2,1-2H3. The van der Waals surface area contributed by atoms with Crippen LogP contribution < -0.4 is 0 Å². The quantitative estimate of drug-likeness (QED) is 0.256. The molecule has 2 aliphatic rings. The lowest BCUT2D eigenvalue weighted by Crippen LogP contribution is -2.15. The largest absolute Gasteiger partial charge is 0.0622 e. The summed E-state index contributed by atoms with van der Waals surface area (Å²) in [6, 6.07) is 36.2. The monoisotopic (exact) mass is 408 g/mol. The third kappa shape index (κ3) is 2.33. The lowest BCUT2D eigenvalue weighted by molar-refractivity contribution is 0.665. The first-order chi connectivity index (χ1) is 15.6. The number of fused-ring (bicyclic) bond motifs is 8. The van der Waals surface area contributed by atoms with Crippen LogP contribution in [0.3, 0.4) is 0 Å². The number of hydrogen-bond donors (Lipinski definition) is 0. The third-order valence-corrected chi connectivity index (χ3v) is 7.65. The Morgan fingerprint density at radius 1 is 0.562 bits per heavy atom. The van der Waals surface area contributed by atoms with Gasteiger partial charge in [-0.1, -0.05) is 98.8 Å². The van der Waals surface area contributed by atoms with E-state index in [-0.39, 0.29) is 5.41 Å². The molecule has 0 nitrogen and oxygen atoms in total. The van der Waals surface area contributed by atoms with Gasteiger partial charge in [0.05, 0.1) is 0 Å². The van der Waals surface area contributed by atoms with Gasteiger partial charge in [0.1, 0.15) is 0 Å². The fourth-order valence-electron chi connectivity index (χ4n) is 6.08. The molecule has 0 N–H and O–H groups in total. The van der Waals surface area contributed by atoms with E-state index in [1.165, 1.54) is 66.4 Å². The van der Waals surface area contributed by atoms with E-state index < -0.39 is 0 Å². The molecular weight excluding hydrogens is 384 g/mol. The fourth-order valence-corrected chi connectivity index (χ4v) is 6.08. The number of rotatable bonds is 1. The zero-order valence-electron chi connectivity index (χ0n) is 18.4. The van der Waals surface area contributed by atoms with E-state index in [1.54, 1.807) is 0 Å². The van der Waals surface area contributed by atoms with Crippen LogP contribution in [0.15, 0.2) is 97.1 Å². The first-order valence-corrected chi connectivity index (χ1v) is 11.5. The van der Waals surface area contributed by atoms with Crippen LogP contribution in [-0.2, 0) is 11.8 Å². The van der Waals surface area contributed by atoms with Gasteiger partial charge in [-0.25, -0.2) is 0 Å². The lowest BCUT2D eigenvalue weighted by atomic mass is 9.79. The minimum atomic E-state index is 0.00450. The van der Waals surface area contributed by atoms with Gasteiger partial charge in [0.25, 0.3) is 0 Å². The molecule has 0 radical (unpaired) electrons. The normalized spacial score (nSPS) is 14.7. The third-order valence-electron chi connectivity index (χ3n) is 7.65. The van der Waals surface area contributed by atoms with Crippen molar-refractivity contribution in [2.24, 2.45) is 0 Å². The van der Waals surface area contributed by atoms with Crippen LogP contribution in [0.2, 0.25) is 0 Å². The number of benzene rings is 5. The van der Waals surface area contributed by atoms with Crippen molar-refractivity contribution in [3.8, 4) is 33.4 Å². The molecule has 0 heterocycles. The summed E-state index contributed by atoms with van der Waals surface area (Å²) in [4.78, 5) is 0. The fraction of sp³-hybridized carbons (Fsp3) is 0.125. The topological polar surface area (TPSA) is 0 Å². The molecular formula is C32H24. The second-order valence-electron chi connectivity index (χ2n) is 9.80. The molecule has 0 aromatic heterocycles. The van der Waals surface area contributed by atoms with Gasteiger partial charge < -0.3 is 0 Å². The maximum Gasteiger partial charge on any atom is 0.0165 e. The highest BCUT2D eigenvalue weighted by atomic mass is 14.4. The van der Waals surface area contributed by atoms with E-state index in [1.807, 2.05) is 0 Å². The maximum atomic E-state index is 2.50. The molecule has 5 aromatic carbocycles. The predicted octanol–water partition coefficient (Wildman–Crippen LogP) is 8.38. The molecule has 0 spiro atoms. The lowest BCUT2D eigenvalue weighted by Gasteiger charge is -2.23. The van der Waals surface area contributed by atoms with Gasteiger partial charge in [0.2, 0.25) is 0 Å². The Balaban J connectivity index is 1.46. The molecule has 0 amide bonds. The first kappa shape index (κ1) is 18.0. The van der Waals surface area contributed by atoms with Gasteiger partial charge in [0, 0.05) is 5.41 Å². The van der Waals surface area contributed by atoms with Crippen LogP contribution in [0.25, 0.3) is 44.2 Å². The van der Waals surface area contributed by atoms with Gasteiger partial charge in [-0.15, -0.1) is 0 Å². The van der Waals surface area contributed by atoms with Crippen LogP contribution in [0, 0.1) is 0 Å². The Hall–Kier alpha value is -3.64. The van der Waals surface area contributed by atoms with Gasteiger partial charge in [0.15, 0.2) is 0 Å². The Labute approximate surface area is 189 Å². The Morgan fingerprint density at radius 3 is 2.22 bits per heavy atom. The van der Waals surface area contributed by atoms with Crippen LogP contribution in [-0.4, -0.2) is 0 Å². The summed E-state index contributed by atoms with van der Waals surface area (Å²) in [5.41, 5.74) is 14.1. The summed E-state index contributed by atoms with van der Waals surface area (Å²) in [6.45, 7) is 4.79. The SMILES string of the molecule is CC1(C)c2cc3c(cc2-c2ccc4ccccc4c21)-c1cc(-c2ccccc2)ccc1C3. The molecule has 0 saturated carbocycles. The van der Waals surface area contributed by atoms with Crippen molar-refractivity contribution in [3.05, 3.63) is 119 Å². The van der Waals surface area contributed by atoms with Crippen LogP contribution in [0.5, 0.6) is 0 Å². The number of hydrogen-bond acceptors (Lipinski definition) is 0. The van der Waals surface area contributed by atoms with Crippen LogP contribution in [0.4, 0.5) is 0 Å². The minimum Gasteiger partial charge on any atom is -0.0622 e. The van der Waals surface area contributed by atoms with Crippen molar-refractivity contribution >= 4 is 10.8 Å². The second kappa shape index (κ2) is 6.20. The Bertz CT molecular complexity index is 1550. The van der Waals surface area contributed by atoms with Crippen molar-refractivity contribution in [2.75, 3.05) is 0 Å². The maximum absolute atomic E-state index is 2.50. The second-order valence-corrected chi connectivity index (χ2v) is 9.80. The van der Waals surface area contributed by atoms with Crippen molar-refractivity contribution in [1.29, 1.82) is 0 Å². The zero-order valence-corrected chi connectivity index (χ0v) is 18.4. The first-order valence-electron chi connectivity index (χ1n) is 11.5. The van der Waals surface area contributed by atoms with Gasteiger partial charge >= 0.3 is 0 Å². The molecule has 152 valence electrons. The minimum absolute atomic E-state index is 0.00450. The predicted molar refractivity (Wildman–Crippen MR) is 135 cm³/mol. The van der Waals surface area contributed by atoms with E-state index in [2.05, 4.69) is 111 Å². The summed E-state index contributed by atoms with van der Waals surface area (Å²) in [7, 11) is 0. The summed E-state index contributed by atoms with van der Waals surface area (Å²) < 4.78 is 0. The average molecular weight is 409 g/mol. The molecule has 0 bridgehead atoms. The molecule has 0 atom stereocenters. The molecule has 32 heavy (non-hydrogen) atoms. The van der Waals surface area contributed by atoms with Crippen molar-refractivity contribution in [1.82, 2.24) is 0 Å². The van der Waals surface area contributed by atoms with Crippen LogP contribution >= 0.6 is 0 Å². The van der Waals surface area contributed by atoms with Crippen LogP contribution in [0.1, 0.15) is 36.1 Å². The van der Waals surface area contributed by atoms with Crippen molar-refractivity contribution < 1.29 is 0 Å². The molecule has 7 rings (SSSR count). The Kier molecular flexibility index (Phi) is 3.49. The molecule has 0 unspecified atom stereocenters. The van der Waals surface area contributed by atoms with Crippen molar-refractivity contribution in [3.63, 3.8) is 0 Å². The summed E-state index contributed by atoms with van der Waals surface area (Å²) in [6.07, 6.45) is 1.03. The highest BCUT2D eigenvalue weighted by Gasteiger charge is 2.38. The Morgan fingerprint density at radius 2 is 1.34 bits per heavy atom. The van der Waals surface area contributed by atoms with E-state index in [9.17, 15) is 0 Å². The summed E-state index contributed by atoms with van der Waals surface area (Å²) >= 11 is 0. The van der Waals surface area contributed by atoms with E-state index >= 15 is 0 Å². The molecule has 0 fully saturated rings. The van der Waals surface area contributed by atoms with E-state index in [0.29, 0.717) is 0 Å². The van der Waals surface area contributed by atoms with E-state index in [4.69, 9.17) is 0 Å². The molecule has 0 aliphatic heterocycles. The van der Waals surface area contributed by atoms with Gasteiger partial charge in [-0.3, -0.25) is 0 Å². The summed E-state index contributed by atoms with van der Waals surface area (Å²) in [5, 5.41) is 2.72. The molecule has 5 aromatic rings. The van der Waals surface area contributed by atoms with Gasteiger partial charge in [-0.2, -0.15) is 0 Å². The van der Waals surface area contributed by atoms with Gasteiger partial charge in [-0.05, 0) is 85.0 Å². The highest BCUT2D eigenvalue weighted by molar-refractivity contribution is 5.99. The van der Waals surface area contributed by atoms with Crippen molar-refractivity contribution in [2.45, 2.75) is 25.7 Å². The zero-order chi connectivity index (χ0) is 21.4. The average Bonchev–Trinajstić information content (AvgIpc) is 3.30. The summed E-state index contributed by atoms with van der Waals surface area (Å²) in [5.74, 6) is 0. The molecule has 0 saturated heterocycles. The smallest absolute Gasteiger partial charge is 0.0165 e. The van der Waals surface area contributed by atoms with E-state index in [0.717, 1.165) is 6.42 Å². The highest BCUT2D eigenvalue weighted by Crippen LogP contribution is 2.54.